The molecule has 1 saturated heterocycles. The van der Waals surface area contributed by atoms with Crippen molar-refractivity contribution < 1.29 is 4.74 Å². The summed E-state index contributed by atoms with van der Waals surface area (Å²) in [6.45, 7) is 2.88. The van der Waals surface area contributed by atoms with Gasteiger partial charge in [0, 0.05) is 18.8 Å². The van der Waals surface area contributed by atoms with Gasteiger partial charge >= 0.3 is 0 Å². The number of fused-ring (bicyclic) bond motifs is 1. The molecule has 0 aliphatic carbocycles. The summed E-state index contributed by atoms with van der Waals surface area (Å²) in [6.07, 6.45) is 0.258. The Morgan fingerprint density at radius 3 is 2.77 bits per heavy atom. The number of aromatic amines is 1. The fraction of sp³-hybridized carbons (Fsp3) is 0.333. The fourth-order valence-electron chi connectivity index (χ4n) is 2.94. The number of nitrogens with zero attached hydrogens (tertiary/aromatic N) is 5. The molecule has 132 valence electrons. The summed E-state index contributed by atoms with van der Waals surface area (Å²) in [5.74, 6) is 1.64. The van der Waals surface area contributed by atoms with Gasteiger partial charge in [-0.25, -0.2) is 9.97 Å². The van der Waals surface area contributed by atoms with Crippen LogP contribution in [0.15, 0.2) is 35.5 Å². The number of ether oxygens (including phenoxy) is 1. The molecule has 1 N–H and O–H groups in total. The van der Waals surface area contributed by atoms with Crippen molar-refractivity contribution in [3.8, 4) is 6.07 Å². The van der Waals surface area contributed by atoms with Crippen molar-refractivity contribution in [3.63, 3.8) is 0 Å². The maximum Gasteiger partial charge on any atom is 0.192 e. The molecule has 0 saturated carbocycles. The summed E-state index contributed by atoms with van der Waals surface area (Å²) in [7, 11) is 0. The fourth-order valence-corrected chi connectivity index (χ4v) is 3.73. The molecule has 0 unspecified atom stereocenters. The van der Waals surface area contributed by atoms with Crippen LogP contribution >= 0.6 is 11.8 Å². The zero-order chi connectivity index (χ0) is 17.8. The summed E-state index contributed by atoms with van der Waals surface area (Å²) in [5, 5.41) is 17.9. The number of hydrogen-bond donors (Lipinski definition) is 1. The number of nitriles is 1. The van der Waals surface area contributed by atoms with E-state index in [1.807, 2.05) is 18.2 Å². The van der Waals surface area contributed by atoms with Crippen LogP contribution in [0, 0.1) is 11.3 Å². The van der Waals surface area contributed by atoms with E-state index in [4.69, 9.17) is 15.0 Å². The Morgan fingerprint density at radius 2 is 2.00 bits per heavy atom. The lowest BCUT2D eigenvalue weighted by Crippen LogP contribution is -2.37. The van der Waals surface area contributed by atoms with Gasteiger partial charge in [-0.15, -0.1) is 0 Å². The highest BCUT2D eigenvalue weighted by molar-refractivity contribution is 7.98. The number of rotatable bonds is 5. The SMILES string of the molecule is N#CCc1[nH]nc2nc(SCc3ccccc3)nc(N3CCOCC3)c12. The Morgan fingerprint density at radius 1 is 1.19 bits per heavy atom. The van der Waals surface area contributed by atoms with E-state index in [0.717, 1.165) is 35.7 Å². The quantitative estimate of drug-likeness (QED) is 0.548. The van der Waals surface area contributed by atoms with Gasteiger partial charge in [-0.1, -0.05) is 42.1 Å². The predicted octanol–water partition coefficient (Wildman–Crippen LogP) is 2.55. The Balaban J connectivity index is 1.69. The van der Waals surface area contributed by atoms with Gasteiger partial charge in [0.05, 0.1) is 36.8 Å². The third kappa shape index (κ3) is 3.49. The molecule has 3 heterocycles. The topological polar surface area (TPSA) is 90.7 Å². The van der Waals surface area contributed by atoms with Crippen molar-refractivity contribution in [1.29, 1.82) is 5.26 Å². The van der Waals surface area contributed by atoms with E-state index < -0.39 is 0 Å². The molecule has 1 fully saturated rings. The normalized spacial score (nSPS) is 14.5. The number of anilines is 1. The highest BCUT2D eigenvalue weighted by Gasteiger charge is 2.21. The van der Waals surface area contributed by atoms with E-state index in [0.29, 0.717) is 24.0 Å². The number of aromatic nitrogens is 4. The maximum absolute atomic E-state index is 9.09. The molecule has 0 spiro atoms. The van der Waals surface area contributed by atoms with Gasteiger partial charge in [0.2, 0.25) is 0 Å². The molecule has 1 aromatic carbocycles. The number of benzene rings is 1. The first-order valence-electron chi connectivity index (χ1n) is 8.46. The molecule has 0 radical (unpaired) electrons. The van der Waals surface area contributed by atoms with E-state index in [1.54, 1.807) is 11.8 Å². The van der Waals surface area contributed by atoms with Gasteiger partial charge in [0.25, 0.3) is 0 Å². The molecule has 0 bridgehead atoms. The van der Waals surface area contributed by atoms with E-state index in [9.17, 15) is 0 Å². The van der Waals surface area contributed by atoms with Crippen LogP contribution in [0.5, 0.6) is 0 Å². The van der Waals surface area contributed by atoms with E-state index in [2.05, 4.69) is 38.3 Å². The second-order valence-corrected chi connectivity index (χ2v) is 6.88. The lowest BCUT2D eigenvalue weighted by molar-refractivity contribution is 0.122. The van der Waals surface area contributed by atoms with E-state index in [1.165, 1.54) is 5.56 Å². The Labute approximate surface area is 155 Å². The molecule has 3 aromatic rings. The van der Waals surface area contributed by atoms with E-state index in [-0.39, 0.29) is 6.42 Å². The van der Waals surface area contributed by atoms with Crippen LogP contribution in [0.3, 0.4) is 0 Å². The van der Waals surface area contributed by atoms with Crippen LogP contribution in [-0.2, 0) is 16.9 Å². The number of morpholine rings is 1. The molecule has 2 aromatic heterocycles. The smallest absolute Gasteiger partial charge is 0.192 e. The predicted molar refractivity (Wildman–Crippen MR) is 100 cm³/mol. The molecule has 26 heavy (non-hydrogen) atoms. The highest BCUT2D eigenvalue weighted by Crippen LogP contribution is 2.30. The summed E-state index contributed by atoms with van der Waals surface area (Å²) in [6, 6.07) is 12.4. The van der Waals surface area contributed by atoms with Gasteiger partial charge in [0.1, 0.15) is 5.82 Å². The molecule has 1 aliphatic rings. The van der Waals surface area contributed by atoms with Crippen molar-refractivity contribution in [2.45, 2.75) is 17.3 Å². The van der Waals surface area contributed by atoms with Crippen LogP contribution in [0.4, 0.5) is 5.82 Å². The van der Waals surface area contributed by atoms with Crippen molar-refractivity contribution in [1.82, 2.24) is 20.2 Å². The minimum absolute atomic E-state index is 0.258. The van der Waals surface area contributed by atoms with Crippen LogP contribution in [0.25, 0.3) is 11.0 Å². The zero-order valence-corrected chi connectivity index (χ0v) is 15.0. The van der Waals surface area contributed by atoms with Gasteiger partial charge < -0.3 is 9.64 Å². The summed E-state index contributed by atoms with van der Waals surface area (Å²) >= 11 is 1.59. The summed E-state index contributed by atoms with van der Waals surface area (Å²) in [5.41, 5.74) is 2.60. The molecule has 8 heteroatoms. The molecule has 0 amide bonds. The highest BCUT2D eigenvalue weighted by atomic mass is 32.2. The Kier molecular flexibility index (Phi) is 5.00. The number of hydrogen-bond acceptors (Lipinski definition) is 7. The maximum atomic E-state index is 9.09. The van der Waals surface area contributed by atoms with Crippen molar-refractivity contribution in [3.05, 3.63) is 41.6 Å². The molecular weight excluding hydrogens is 348 g/mol. The minimum atomic E-state index is 0.258. The largest absolute Gasteiger partial charge is 0.378 e. The summed E-state index contributed by atoms with van der Waals surface area (Å²) in [4.78, 5) is 11.6. The van der Waals surface area contributed by atoms with Crippen molar-refractivity contribution in [2.75, 3.05) is 31.2 Å². The van der Waals surface area contributed by atoms with Crippen molar-refractivity contribution in [2.24, 2.45) is 0 Å². The second kappa shape index (κ2) is 7.72. The molecule has 7 nitrogen and oxygen atoms in total. The lowest BCUT2D eigenvalue weighted by Gasteiger charge is -2.28. The first-order valence-corrected chi connectivity index (χ1v) is 9.45. The first kappa shape index (κ1) is 16.8. The number of nitrogens with one attached hydrogen (secondary N) is 1. The lowest BCUT2D eigenvalue weighted by atomic mass is 10.2. The third-order valence-corrected chi connectivity index (χ3v) is 5.14. The van der Waals surface area contributed by atoms with Crippen LogP contribution in [-0.4, -0.2) is 46.5 Å². The Hall–Kier alpha value is -2.63. The second-order valence-electron chi connectivity index (χ2n) is 5.94. The monoisotopic (exact) mass is 366 g/mol. The first-order chi connectivity index (χ1) is 12.8. The van der Waals surface area contributed by atoms with Crippen LogP contribution in [0.2, 0.25) is 0 Å². The summed E-state index contributed by atoms with van der Waals surface area (Å²) < 4.78 is 5.46. The molecule has 1 aliphatic heterocycles. The average Bonchev–Trinajstić information content (AvgIpc) is 3.10. The Bertz CT molecular complexity index is 930. The molecular formula is C18H18N6OS. The minimum Gasteiger partial charge on any atom is -0.378 e. The van der Waals surface area contributed by atoms with Crippen molar-refractivity contribution >= 4 is 28.6 Å². The third-order valence-electron chi connectivity index (χ3n) is 4.23. The molecule has 0 atom stereocenters. The number of thioether (sulfide) groups is 1. The van der Waals surface area contributed by atoms with Crippen LogP contribution in [0.1, 0.15) is 11.3 Å². The molecule has 4 rings (SSSR count). The van der Waals surface area contributed by atoms with Gasteiger partial charge in [-0.2, -0.15) is 10.4 Å². The van der Waals surface area contributed by atoms with Gasteiger partial charge in [-0.3, -0.25) is 5.10 Å². The van der Waals surface area contributed by atoms with Gasteiger partial charge in [-0.05, 0) is 5.56 Å². The average molecular weight is 366 g/mol. The number of H-pyrrole nitrogens is 1. The van der Waals surface area contributed by atoms with Gasteiger partial charge in [0.15, 0.2) is 10.8 Å². The van der Waals surface area contributed by atoms with Crippen LogP contribution < -0.4 is 4.90 Å². The standard InChI is InChI=1S/C18H18N6OS/c19-7-6-14-15-16(23-22-14)20-18(26-12-13-4-2-1-3-5-13)21-17(15)24-8-10-25-11-9-24/h1-5H,6,8-12H2,(H,20,21,22,23). The zero-order valence-electron chi connectivity index (χ0n) is 14.2. The van der Waals surface area contributed by atoms with E-state index >= 15 is 0 Å².